The topological polar surface area (TPSA) is 150 Å². The Morgan fingerprint density at radius 3 is 2.87 bits per heavy atom. The van der Waals surface area contributed by atoms with Gasteiger partial charge in [-0.1, -0.05) is 5.11 Å². The van der Waals surface area contributed by atoms with Crippen LogP contribution in [0.1, 0.15) is 0 Å². The molecule has 0 saturated heterocycles. The van der Waals surface area contributed by atoms with Gasteiger partial charge in [0.05, 0.1) is 13.2 Å². The molecule has 0 aliphatic heterocycles. The van der Waals surface area contributed by atoms with Crippen molar-refractivity contribution >= 4 is 12.1 Å². The second-order valence-electron chi connectivity index (χ2n) is 2.42. The van der Waals surface area contributed by atoms with Crippen LogP contribution in [0.15, 0.2) is 5.11 Å². The van der Waals surface area contributed by atoms with Crippen molar-refractivity contribution in [3.8, 4) is 0 Å². The lowest BCUT2D eigenvalue weighted by Gasteiger charge is -2.08. The zero-order valence-electron chi connectivity index (χ0n) is 7.79. The summed E-state index contributed by atoms with van der Waals surface area (Å²) in [4.78, 5) is 23.5. The van der Waals surface area contributed by atoms with E-state index in [0.717, 1.165) is 0 Å². The molecule has 0 aliphatic carbocycles. The third-order valence-electron chi connectivity index (χ3n) is 1.27. The molecule has 0 rings (SSSR count). The van der Waals surface area contributed by atoms with E-state index >= 15 is 0 Å². The van der Waals surface area contributed by atoms with Gasteiger partial charge in [-0.05, 0) is 5.53 Å². The molecule has 0 aromatic carbocycles. The first-order valence-corrected chi connectivity index (χ1v) is 3.97. The fraction of sp³-hybridized carbons (Fsp3) is 0.667. The van der Waals surface area contributed by atoms with Crippen molar-refractivity contribution in [3.05, 3.63) is 10.4 Å². The Hall–Kier alpha value is -1.99. The average molecular weight is 217 g/mol. The first-order valence-electron chi connectivity index (χ1n) is 3.97. The minimum atomic E-state index is -1.22. The summed E-state index contributed by atoms with van der Waals surface area (Å²) in [6.07, 6.45) is -0.806. The van der Waals surface area contributed by atoms with Gasteiger partial charge < -0.3 is 20.9 Å². The SMILES string of the molecule is [N-]=[N+]=NCCOC(=O)NC[C@H](N)C(=O)O. The summed E-state index contributed by atoms with van der Waals surface area (Å²) in [5.41, 5.74) is 13.0. The van der Waals surface area contributed by atoms with E-state index in [1.54, 1.807) is 0 Å². The maximum atomic E-state index is 10.8. The molecule has 0 heterocycles. The molecule has 0 aromatic rings. The zero-order chi connectivity index (χ0) is 11.7. The van der Waals surface area contributed by atoms with E-state index in [2.05, 4.69) is 20.1 Å². The lowest BCUT2D eigenvalue weighted by atomic mass is 10.3. The van der Waals surface area contributed by atoms with Crippen molar-refractivity contribution < 1.29 is 19.4 Å². The predicted molar refractivity (Wildman–Crippen MR) is 49.0 cm³/mol. The Balaban J connectivity index is 3.57. The van der Waals surface area contributed by atoms with Gasteiger partial charge in [0.15, 0.2) is 0 Å². The fourth-order valence-corrected chi connectivity index (χ4v) is 0.556. The quantitative estimate of drug-likeness (QED) is 0.235. The summed E-state index contributed by atoms with van der Waals surface area (Å²) in [7, 11) is 0. The molecule has 0 radical (unpaired) electrons. The summed E-state index contributed by atoms with van der Waals surface area (Å²) in [5, 5.41) is 13.6. The maximum absolute atomic E-state index is 10.8. The van der Waals surface area contributed by atoms with Crippen LogP contribution in [-0.4, -0.2) is 42.9 Å². The monoisotopic (exact) mass is 217 g/mol. The third-order valence-corrected chi connectivity index (χ3v) is 1.27. The molecule has 1 atom stereocenters. The molecule has 9 heteroatoms. The number of ether oxygens (including phenoxy) is 1. The molecule has 0 bridgehead atoms. The van der Waals surface area contributed by atoms with E-state index in [0.29, 0.717) is 0 Å². The van der Waals surface area contributed by atoms with Crippen LogP contribution in [-0.2, 0) is 9.53 Å². The van der Waals surface area contributed by atoms with Crippen LogP contribution in [0.3, 0.4) is 0 Å². The van der Waals surface area contributed by atoms with Gasteiger partial charge in [0.1, 0.15) is 6.04 Å². The number of carboxylic acids is 1. The summed E-state index contributed by atoms with van der Waals surface area (Å²) in [6, 6.07) is -1.17. The predicted octanol–water partition coefficient (Wildman–Crippen LogP) is -0.565. The minimum Gasteiger partial charge on any atom is -0.480 e. The Morgan fingerprint density at radius 2 is 2.33 bits per heavy atom. The standard InChI is InChI=1S/C6H11N5O4/c7-4(5(12)13)3-9-6(14)15-2-1-10-11-8/h4H,1-3,7H2,(H,9,14)(H,12,13)/t4-/m0/s1. The van der Waals surface area contributed by atoms with Crippen LogP contribution in [0.5, 0.6) is 0 Å². The highest BCUT2D eigenvalue weighted by Crippen LogP contribution is 1.81. The van der Waals surface area contributed by atoms with Gasteiger partial charge in [0.25, 0.3) is 0 Å². The van der Waals surface area contributed by atoms with Gasteiger partial charge in [-0.3, -0.25) is 4.79 Å². The first kappa shape index (κ1) is 13.0. The molecule has 0 unspecified atom stereocenters. The van der Waals surface area contributed by atoms with Crippen LogP contribution in [0, 0.1) is 0 Å². The lowest BCUT2D eigenvalue weighted by molar-refractivity contribution is -0.138. The number of carbonyl (C=O) groups is 2. The summed E-state index contributed by atoms with van der Waals surface area (Å²) < 4.78 is 4.51. The van der Waals surface area contributed by atoms with Crippen LogP contribution >= 0.6 is 0 Å². The van der Waals surface area contributed by atoms with Crippen LogP contribution in [0.4, 0.5) is 4.79 Å². The summed E-state index contributed by atoms with van der Waals surface area (Å²) >= 11 is 0. The average Bonchev–Trinajstić information content (AvgIpc) is 2.20. The largest absolute Gasteiger partial charge is 0.480 e. The molecular weight excluding hydrogens is 206 g/mol. The van der Waals surface area contributed by atoms with E-state index in [1.165, 1.54) is 0 Å². The molecular formula is C6H11N5O4. The number of nitrogens with one attached hydrogen (secondary N) is 1. The number of azide groups is 1. The summed E-state index contributed by atoms with van der Waals surface area (Å²) in [6.45, 7) is -0.275. The number of rotatable bonds is 6. The van der Waals surface area contributed by atoms with Crippen molar-refractivity contribution in [2.45, 2.75) is 6.04 Å². The molecule has 0 saturated carbocycles. The van der Waals surface area contributed by atoms with E-state index in [1.807, 2.05) is 0 Å². The van der Waals surface area contributed by atoms with E-state index < -0.39 is 18.1 Å². The van der Waals surface area contributed by atoms with E-state index in [9.17, 15) is 9.59 Å². The maximum Gasteiger partial charge on any atom is 0.407 e. The van der Waals surface area contributed by atoms with Crippen molar-refractivity contribution in [2.24, 2.45) is 10.8 Å². The molecule has 15 heavy (non-hydrogen) atoms. The van der Waals surface area contributed by atoms with Gasteiger partial charge in [-0.25, -0.2) is 4.79 Å². The number of nitrogens with zero attached hydrogens (tertiary/aromatic N) is 3. The second kappa shape index (κ2) is 7.42. The van der Waals surface area contributed by atoms with Gasteiger partial charge >= 0.3 is 12.1 Å². The zero-order valence-corrected chi connectivity index (χ0v) is 7.79. The lowest BCUT2D eigenvalue weighted by Crippen LogP contribution is -2.42. The van der Waals surface area contributed by atoms with Crippen LogP contribution in [0.2, 0.25) is 0 Å². The van der Waals surface area contributed by atoms with Gasteiger partial charge in [0, 0.05) is 11.5 Å². The molecule has 0 aromatic heterocycles. The van der Waals surface area contributed by atoms with Gasteiger partial charge in [-0.15, -0.1) is 0 Å². The highest BCUT2D eigenvalue weighted by molar-refractivity contribution is 5.75. The Kier molecular flexibility index (Phi) is 6.43. The molecule has 4 N–H and O–H groups in total. The van der Waals surface area contributed by atoms with E-state index in [4.69, 9.17) is 16.4 Å². The number of nitrogens with two attached hydrogens (primary N) is 1. The minimum absolute atomic E-state index is 0.0227. The van der Waals surface area contributed by atoms with Crippen molar-refractivity contribution in [2.75, 3.05) is 19.7 Å². The number of aliphatic carboxylic acids is 1. The molecule has 0 fully saturated rings. The molecule has 0 aliphatic rings. The Morgan fingerprint density at radius 1 is 1.67 bits per heavy atom. The van der Waals surface area contributed by atoms with E-state index in [-0.39, 0.29) is 19.7 Å². The number of amides is 1. The highest BCUT2D eigenvalue weighted by Gasteiger charge is 2.12. The number of carboxylic acid groups (broad SMARTS) is 1. The van der Waals surface area contributed by atoms with Gasteiger partial charge in [-0.2, -0.15) is 0 Å². The Bertz CT molecular complexity index is 275. The normalized spacial score (nSPS) is 11.0. The third kappa shape index (κ3) is 7.11. The van der Waals surface area contributed by atoms with Crippen molar-refractivity contribution in [1.29, 1.82) is 0 Å². The molecule has 84 valence electrons. The van der Waals surface area contributed by atoms with Crippen LogP contribution < -0.4 is 11.1 Å². The first-order chi connectivity index (χ1) is 7.07. The number of alkyl carbamates (subject to hydrolysis) is 1. The van der Waals surface area contributed by atoms with Crippen LogP contribution in [0.25, 0.3) is 10.4 Å². The number of hydrogen-bond acceptors (Lipinski definition) is 5. The fourth-order valence-electron chi connectivity index (χ4n) is 0.556. The smallest absolute Gasteiger partial charge is 0.407 e. The molecule has 0 spiro atoms. The number of hydrogen-bond donors (Lipinski definition) is 3. The summed E-state index contributed by atoms with van der Waals surface area (Å²) in [5.74, 6) is -1.22. The molecule has 1 amide bonds. The highest BCUT2D eigenvalue weighted by atomic mass is 16.5. The van der Waals surface area contributed by atoms with Crippen molar-refractivity contribution in [1.82, 2.24) is 5.32 Å². The van der Waals surface area contributed by atoms with Gasteiger partial charge in [0.2, 0.25) is 0 Å². The molecule has 9 nitrogen and oxygen atoms in total. The number of carbonyl (C=O) groups excluding carboxylic acids is 1. The second-order valence-corrected chi connectivity index (χ2v) is 2.42. The van der Waals surface area contributed by atoms with Crippen molar-refractivity contribution in [3.63, 3.8) is 0 Å². The Labute approximate surface area is 84.8 Å².